The second kappa shape index (κ2) is 6.62. The molecule has 1 fully saturated rings. The number of rotatable bonds is 5. The normalized spacial score (nSPS) is 22.3. The number of hydrogen-bond acceptors (Lipinski definition) is 5. The summed E-state index contributed by atoms with van der Waals surface area (Å²) in [5.41, 5.74) is 0.204. The van der Waals surface area contributed by atoms with Gasteiger partial charge in [0.25, 0.3) is 5.69 Å². The first-order chi connectivity index (χ1) is 10.3. The number of sulfone groups is 1. The fourth-order valence-electron chi connectivity index (χ4n) is 2.76. The molecule has 0 amide bonds. The zero-order chi connectivity index (χ0) is 16.3. The van der Waals surface area contributed by atoms with Gasteiger partial charge in [-0.15, -0.1) is 0 Å². The molecule has 1 heterocycles. The van der Waals surface area contributed by atoms with E-state index >= 15 is 0 Å². The van der Waals surface area contributed by atoms with Crippen molar-refractivity contribution in [1.29, 1.82) is 0 Å². The van der Waals surface area contributed by atoms with Crippen molar-refractivity contribution in [3.05, 3.63) is 28.3 Å². The van der Waals surface area contributed by atoms with E-state index in [-0.39, 0.29) is 16.6 Å². The topological polar surface area (TPSA) is 93.8 Å². The first-order valence-electron chi connectivity index (χ1n) is 7.40. The van der Waals surface area contributed by atoms with Crippen LogP contribution in [0.5, 0.6) is 0 Å². The monoisotopic (exact) mass is 328 g/mol. The van der Waals surface area contributed by atoms with Gasteiger partial charge in [-0.25, -0.2) is 8.42 Å². The van der Waals surface area contributed by atoms with Crippen molar-refractivity contribution < 1.29 is 18.2 Å². The molecule has 1 aliphatic heterocycles. The van der Waals surface area contributed by atoms with Crippen LogP contribution in [0.2, 0.25) is 0 Å². The Hall–Kier alpha value is -1.67. The van der Waals surface area contributed by atoms with E-state index in [1.165, 1.54) is 12.1 Å². The molecule has 0 atom stereocenters. The summed E-state index contributed by atoms with van der Waals surface area (Å²) < 4.78 is 23.1. The van der Waals surface area contributed by atoms with Crippen molar-refractivity contribution >= 4 is 21.2 Å². The molecule has 0 aliphatic carbocycles. The highest BCUT2D eigenvalue weighted by Gasteiger charge is 2.24. The molecule has 0 aromatic heterocycles. The first kappa shape index (κ1) is 16.7. The molecule has 0 spiro atoms. The van der Waals surface area contributed by atoms with Gasteiger partial charge in [0, 0.05) is 31.2 Å². The molecule has 1 aromatic carbocycles. The summed E-state index contributed by atoms with van der Waals surface area (Å²) >= 11 is 0. The lowest BCUT2D eigenvalue weighted by Crippen LogP contribution is -3.13. The fraction of sp³-hybridized carbons (Fsp3) is 0.571. The van der Waals surface area contributed by atoms with Crippen molar-refractivity contribution in [1.82, 2.24) is 0 Å². The van der Waals surface area contributed by atoms with E-state index in [2.05, 4.69) is 12.2 Å². The number of likely N-dealkylation sites (tertiary alicyclic amines) is 1. The zero-order valence-corrected chi connectivity index (χ0v) is 13.6. The summed E-state index contributed by atoms with van der Waals surface area (Å²) in [4.78, 5) is 12.2. The van der Waals surface area contributed by atoms with E-state index in [0.29, 0.717) is 5.69 Å². The van der Waals surface area contributed by atoms with Crippen LogP contribution in [0.4, 0.5) is 11.4 Å². The molecule has 122 valence electrons. The SMILES string of the molecule is CC[NH+]1CCC(Nc2ccc(S(C)(=O)=O)cc2[N+](=O)[O-])CC1. The quantitative estimate of drug-likeness (QED) is 0.605. The van der Waals surface area contributed by atoms with E-state index in [4.69, 9.17) is 0 Å². The van der Waals surface area contributed by atoms with Gasteiger partial charge in [0.05, 0.1) is 29.5 Å². The fourth-order valence-corrected chi connectivity index (χ4v) is 3.40. The van der Waals surface area contributed by atoms with Gasteiger partial charge in [-0.2, -0.15) is 0 Å². The van der Waals surface area contributed by atoms with Gasteiger partial charge in [-0.05, 0) is 19.1 Å². The molecular weight excluding hydrogens is 306 g/mol. The van der Waals surface area contributed by atoms with Crippen LogP contribution < -0.4 is 10.2 Å². The van der Waals surface area contributed by atoms with Crippen LogP contribution in [-0.2, 0) is 9.84 Å². The van der Waals surface area contributed by atoms with Crippen LogP contribution in [0.15, 0.2) is 23.1 Å². The number of piperidine rings is 1. The number of nitro groups is 1. The van der Waals surface area contributed by atoms with Crippen molar-refractivity contribution in [2.24, 2.45) is 0 Å². The van der Waals surface area contributed by atoms with Crippen LogP contribution >= 0.6 is 0 Å². The molecule has 0 bridgehead atoms. The van der Waals surface area contributed by atoms with Gasteiger partial charge >= 0.3 is 0 Å². The molecule has 1 aliphatic rings. The minimum atomic E-state index is -3.45. The van der Waals surface area contributed by atoms with E-state index in [1.807, 2.05) is 0 Å². The maximum atomic E-state index is 11.5. The van der Waals surface area contributed by atoms with Crippen LogP contribution in [0.3, 0.4) is 0 Å². The number of benzene rings is 1. The third-order valence-corrected chi connectivity index (χ3v) is 5.26. The maximum absolute atomic E-state index is 11.5. The highest BCUT2D eigenvalue weighted by molar-refractivity contribution is 7.90. The second-order valence-corrected chi connectivity index (χ2v) is 7.75. The summed E-state index contributed by atoms with van der Waals surface area (Å²) in [6.07, 6.45) is 2.95. The van der Waals surface area contributed by atoms with Gasteiger partial charge in [0.15, 0.2) is 9.84 Å². The largest absolute Gasteiger partial charge is 0.376 e. The minimum absolute atomic E-state index is 0.0324. The molecule has 1 aromatic rings. The Balaban J connectivity index is 2.19. The van der Waals surface area contributed by atoms with Crippen molar-refractivity contribution in [3.8, 4) is 0 Å². The molecule has 7 nitrogen and oxygen atoms in total. The lowest BCUT2D eigenvalue weighted by molar-refractivity contribution is -0.903. The predicted octanol–water partition coefficient (Wildman–Crippen LogP) is 0.477. The van der Waals surface area contributed by atoms with Crippen molar-refractivity contribution in [2.75, 3.05) is 31.2 Å². The Bertz CT molecular complexity index is 652. The number of nitrogens with zero attached hydrogens (tertiary/aromatic N) is 1. The number of quaternary nitrogens is 1. The van der Waals surface area contributed by atoms with Crippen LogP contribution in [0, 0.1) is 10.1 Å². The number of nitro benzene ring substituents is 1. The van der Waals surface area contributed by atoms with Gasteiger partial charge < -0.3 is 10.2 Å². The lowest BCUT2D eigenvalue weighted by atomic mass is 10.0. The lowest BCUT2D eigenvalue weighted by Gasteiger charge is -2.29. The molecule has 22 heavy (non-hydrogen) atoms. The number of anilines is 1. The third kappa shape index (κ3) is 3.95. The smallest absolute Gasteiger partial charge is 0.293 e. The summed E-state index contributed by atoms with van der Waals surface area (Å²) in [7, 11) is -3.45. The summed E-state index contributed by atoms with van der Waals surface area (Å²) in [5, 5.41) is 14.4. The Morgan fingerprint density at radius 1 is 1.36 bits per heavy atom. The Labute approximate surface area is 130 Å². The van der Waals surface area contributed by atoms with Crippen LogP contribution in [0.25, 0.3) is 0 Å². The Morgan fingerprint density at radius 2 is 2.00 bits per heavy atom. The second-order valence-electron chi connectivity index (χ2n) is 5.73. The molecule has 0 radical (unpaired) electrons. The van der Waals surface area contributed by atoms with Crippen LogP contribution in [0.1, 0.15) is 19.8 Å². The predicted molar refractivity (Wildman–Crippen MR) is 84.1 cm³/mol. The van der Waals surface area contributed by atoms with Crippen LogP contribution in [-0.4, -0.2) is 45.3 Å². The summed E-state index contributed by atoms with van der Waals surface area (Å²) in [6, 6.07) is 4.23. The Kier molecular flexibility index (Phi) is 5.02. The first-order valence-corrected chi connectivity index (χ1v) is 9.29. The zero-order valence-electron chi connectivity index (χ0n) is 12.8. The average Bonchev–Trinajstić information content (AvgIpc) is 2.47. The highest BCUT2D eigenvalue weighted by Crippen LogP contribution is 2.28. The highest BCUT2D eigenvalue weighted by atomic mass is 32.2. The molecular formula is C14H22N3O4S+. The third-order valence-electron chi connectivity index (χ3n) is 4.15. The van der Waals surface area contributed by atoms with Crippen molar-refractivity contribution in [3.63, 3.8) is 0 Å². The molecule has 2 rings (SSSR count). The standard InChI is InChI=1S/C14H21N3O4S/c1-3-16-8-6-11(7-9-16)15-13-5-4-12(22(2,20)21)10-14(13)17(18)19/h4-5,10-11,15H,3,6-9H2,1-2H3/p+1. The van der Waals surface area contributed by atoms with Crippen molar-refractivity contribution in [2.45, 2.75) is 30.7 Å². The number of hydrogen-bond donors (Lipinski definition) is 2. The molecule has 8 heteroatoms. The Morgan fingerprint density at radius 3 is 2.50 bits per heavy atom. The van der Waals surface area contributed by atoms with Gasteiger partial charge in [-0.3, -0.25) is 10.1 Å². The maximum Gasteiger partial charge on any atom is 0.293 e. The van der Waals surface area contributed by atoms with E-state index < -0.39 is 14.8 Å². The van der Waals surface area contributed by atoms with Gasteiger partial charge in [0.1, 0.15) is 5.69 Å². The summed E-state index contributed by atoms with van der Waals surface area (Å²) in [6.45, 7) is 5.33. The van der Waals surface area contributed by atoms with E-state index in [1.54, 1.807) is 4.90 Å². The average molecular weight is 328 g/mol. The number of nitrogens with one attached hydrogen (secondary N) is 2. The van der Waals surface area contributed by atoms with Gasteiger partial charge in [0.2, 0.25) is 0 Å². The molecule has 0 saturated carbocycles. The molecule has 1 saturated heterocycles. The van der Waals surface area contributed by atoms with Gasteiger partial charge in [-0.1, -0.05) is 0 Å². The summed E-state index contributed by atoms with van der Waals surface area (Å²) in [5.74, 6) is 0. The molecule has 0 unspecified atom stereocenters. The minimum Gasteiger partial charge on any atom is -0.376 e. The van der Waals surface area contributed by atoms with E-state index in [0.717, 1.165) is 44.8 Å². The molecule has 2 N–H and O–H groups in total. The van der Waals surface area contributed by atoms with E-state index in [9.17, 15) is 18.5 Å².